The number of alkyl halides is 2. The first kappa shape index (κ1) is 12.9. The summed E-state index contributed by atoms with van der Waals surface area (Å²) in [5.41, 5.74) is 0.570. The Morgan fingerprint density at radius 3 is 2.44 bits per heavy atom. The van der Waals surface area contributed by atoms with E-state index < -0.39 is 9.93 Å². The molecule has 0 aromatic rings. The molecule has 0 bridgehead atoms. The van der Waals surface area contributed by atoms with Crippen LogP contribution < -0.4 is 0 Å². The monoisotopic (exact) mass is 300 g/mol. The minimum atomic E-state index is -1.14. The van der Waals surface area contributed by atoms with Crippen molar-refractivity contribution in [1.29, 1.82) is 0 Å². The Morgan fingerprint density at radius 2 is 1.94 bits per heavy atom. The lowest BCUT2D eigenvalue weighted by Crippen LogP contribution is -2.33. The van der Waals surface area contributed by atoms with Crippen LogP contribution in [0, 0.1) is 0 Å². The summed E-state index contributed by atoms with van der Waals surface area (Å²) in [6, 6.07) is 0. The van der Waals surface area contributed by atoms with Crippen molar-refractivity contribution in [2.45, 2.75) is 42.0 Å². The molecule has 90 valence electrons. The number of rotatable bonds is 0. The lowest BCUT2D eigenvalue weighted by molar-refractivity contribution is 0.0507. The van der Waals surface area contributed by atoms with Gasteiger partial charge >= 0.3 is 0 Å². The van der Waals surface area contributed by atoms with Crippen LogP contribution in [0.15, 0.2) is 22.4 Å². The third-order valence-electron chi connectivity index (χ3n) is 3.26. The lowest BCUT2D eigenvalue weighted by atomic mass is 9.79. The molecule has 1 saturated carbocycles. The SMILES string of the molecule is C=C1CCCCC12CC(Cl)(Cl)C(=C(Cl)Cl)O2. The smallest absolute Gasteiger partial charge is 0.181 e. The van der Waals surface area contributed by atoms with Gasteiger partial charge in [0.15, 0.2) is 10.1 Å². The van der Waals surface area contributed by atoms with Crippen LogP contribution in [0.5, 0.6) is 0 Å². The van der Waals surface area contributed by atoms with E-state index in [1.54, 1.807) is 0 Å². The first-order chi connectivity index (χ1) is 7.37. The summed E-state index contributed by atoms with van der Waals surface area (Å²) < 4.78 is 4.69. The molecule has 0 aromatic carbocycles. The van der Waals surface area contributed by atoms with E-state index in [2.05, 4.69) is 6.58 Å². The van der Waals surface area contributed by atoms with Gasteiger partial charge < -0.3 is 4.74 Å². The van der Waals surface area contributed by atoms with E-state index in [9.17, 15) is 0 Å². The normalized spacial score (nSPS) is 33.0. The molecule has 1 heterocycles. The van der Waals surface area contributed by atoms with E-state index in [1.165, 1.54) is 0 Å². The Bertz CT molecular complexity index is 357. The number of hydrogen-bond acceptors (Lipinski definition) is 1. The summed E-state index contributed by atoms with van der Waals surface area (Å²) in [5.74, 6) is 0.266. The maximum Gasteiger partial charge on any atom is 0.181 e. The van der Waals surface area contributed by atoms with Gasteiger partial charge in [-0.2, -0.15) is 0 Å². The van der Waals surface area contributed by atoms with Crippen LogP contribution in [0.2, 0.25) is 0 Å². The number of ether oxygens (including phenoxy) is 1. The molecule has 0 N–H and O–H groups in total. The molecule has 1 aliphatic heterocycles. The van der Waals surface area contributed by atoms with Gasteiger partial charge in [-0.15, -0.1) is 0 Å². The average Bonchev–Trinajstić information content (AvgIpc) is 2.44. The summed E-state index contributed by atoms with van der Waals surface area (Å²) in [6.45, 7) is 4.06. The van der Waals surface area contributed by atoms with E-state index >= 15 is 0 Å². The summed E-state index contributed by atoms with van der Waals surface area (Å²) in [5, 5.41) is 0. The molecule has 0 aromatic heterocycles. The van der Waals surface area contributed by atoms with Crippen molar-refractivity contribution in [2.24, 2.45) is 0 Å². The fourth-order valence-electron chi connectivity index (χ4n) is 2.41. The van der Waals surface area contributed by atoms with E-state index in [-0.39, 0.29) is 10.3 Å². The maximum absolute atomic E-state index is 6.19. The maximum atomic E-state index is 6.19. The Hall–Kier alpha value is 0.440. The summed E-state index contributed by atoms with van der Waals surface area (Å²) in [7, 11) is 0. The molecule has 1 atom stereocenters. The van der Waals surface area contributed by atoms with Crippen LogP contribution in [-0.2, 0) is 4.74 Å². The number of hydrogen-bond donors (Lipinski definition) is 0. The van der Waals surface area contributed by atoms with E-state index in [0.717, 1.165) is 31.3 Å². The Morgan fingerprint density at radius 1 is 1.25 bits per heavy atom. The molecule has 2 aliphatic rings. The Balaban J connectivity index is 2.35. The topological polar surface area (TPSA) is 9.23 Å². The second-order valence-corrected chi connectivity index (χ2v) is 6.81. The third-order valence-corrected chi connectivity index (χ3v) is 4.22. The lowest BCUT2D eigenvalue weighted by Gasteiger charge is -2.34. The fraction of sp³-hybridized carbons (Fsp3) is 0.636. The van der Waals surface area contributed by atoms with Crippen LogP contribution >= 0.6 is 46.4 Å². The third kappa shape index (κ3) is 2.08. The van der Waals surface area contributed by atoms with Crippen molar-refractivity contribution < 1.29 is 4.74 Å². The van der Waals surface area contributed by atoms with Gasteiger partial charge in [0.25, 0.3) is 0 Å². The Kier molecular flexibility index (Phi) is 3.44. The highest BCUT2D eigenvalue weighted by Gasteiger charge is 2.55. The van der Waals surface area contributed by atoms with E-state index in [0.29, 0.717) is 6.42 Å². The van der Waals surface area contributed by atoms with Crippen molar-refractivity contribution in [3.05, 3.63) is 22.4 Å². The molecule has 2 rings (SSSR count). The average molecular weight is 302 g/mol. The molecule has 1 nitrogen and oxygen atoms in total. The molecular weight excluding hydrogens is 290 g/mol. The highest BCUT2D eigenvalue weighted by Crippen LogP contribution is 2.56. The molecule has 16 heavy (non-hydrogen) atoms. The zero-order valence-electron chi connectivity index (χ0n) is 8.66. The first-order valence-electron chi connectivity index (χ1n) is 5.18. The fourth-order valence-corrected chi connectivity index (χ4v) is 3.70. The minimum absolute atomic E-state index is 0.000230. The van der Waals surface area contributed by atoms with Gasteiger partial charge in [0.05, 0.1) is 0 Å². The van der Waals surface area contributed by atoms with Gasteiger partial charge in [-0.3, -0.25) is 0 Å². The van der Waals surface area contributed by atoms with Crippen molar-refractivity contribution in [2.75, 3.05) is 0 Å². The molecule has 1 saturated heterocycles. The van der Waals surface area contributed by atoms with Crippen molar-refractivity contribution >= 4 is 46.4 Å². The molecular formula is C11H12Cl4O. The van der Waals surface area contributed by atoms with Gasteiger partial charge in [0, 0.05) is 6.42 Å². The van der Waals surface area contributed by atoms with Crippen molar-refractivity contribution in [3.8, 4) is 0 Å². The second kappa shape index (κ2) is 4.28. The highest BCUT2D eigenvalue weighted by atomic mass is 35.5. The molecule has 5 heteroatoms. The van der Waals surface area contributed by atoms with Crippen molar-refractivity contribution in [3.63, 3.8) is 0 Å². The molecule has 0 radical (unpaired) electrons. The molecule has 2 fully saturated rings. The zero-order chi connectivity index (χ0) is 12.0. The number of allylic oxidation sites excluding steroid dienone is 1. The zero-order valence-corrected chi connectivity index (χ0v) is 11.7. The van der Waals surface area contributed by atoms with Gasteiger partial charge in [0.1, 0.15) is 10.1 Å². The van der Waals surface area contributed by atoms with Gasteiger partial charge in [-0.1, -0.05) is 53.0 Å². The second-order valence-electron chi connectivity index (χ2n) is 4.38. The largest absolute Gasteiger partial charge is 0.481 e. The van der Waals surface area contributed by atoms with Gasteiger partial charge in [-0.05, 0) is 31.3 Å². The molecule has 1 aliphatic carbocycles. The molecule has 1 unspecified atom stereocenters. The van der Waals surface area contributed by atoms with E-state index in [1.807, 2.05) is 0 Å². The van der Waals surface area contributed by atoms with Crippen molar-refractivity contribution in [1.82, 2.24) is 0 Å². The molecule has 1 spiro atoms. The Labute approximate surface area is 115 Å². The summed E-state index contributed by atoms with van der Waals surface area (Å²) in [6.07, 6.45) is 4.50. The van der Waals surface area contributed by atoms with Crippen LogP contribution in [0.4, 0.5) is 0 Å². The van der Waals surface area contributed by atoms with Crippen LogP contribution in [0.1, 0.15) is 32.1 Å². The summed E-state index contributed by atoms with van der Waals surface area (Å²) in [4.78, 5) is 0. The van der Waals surface area contributed by atoms with Crippen LogP contribution in [-0.4, -0.2) is 9.93 Å². The predicted octanol–water partition coefficient (Wildman–Crippen LogP) is 5.10. The van der Waals surface area contributed by atoms with Gasteiger partial charge in [0.2, 0.25) is 0 Å². The van der Waals surface area contributed by atoms with Crippen LogP contribution in [0.3, 0.4) is 0 Å². The predicted molar refractivity (Wildman–Crippen MR) is 69.2 cm³/mol. The quantitative estimate of drug-likeness (QED) is 0.447. The number of halogens is 4. The first-order valence-corrected chi connectivity index (χ1v) is 6.69. The highest BCUT2D eigenvalue weighted by molar-refractivity contribution is 6.58. The van der Waals surface area contributed by atoms with Gasteiger partial charge in [-0.25, -0.2) is 0 Å². The molecule has 0 amide bonds. The van der Waals surface area contributed by atoms with Crippen LogP contribution in [0.25, 0.3) is 0 Å². The summed E-state index contributed by atoms with van der Waals surface area (Å²) >= 11 is 23.9. The standard InChI is InChI=1S/C11H12Cl4O/c1-7-4-2-3-5-10(7)6-11(14,15)8(16-10)9(12)13/h1-6H2. The minimum Gasteiger partial charge on any atom is -0.481 e. The van der Waals surface area contributed by atoms with E-state index in [4.69, 9.17) is 51.1 Å².